The molecule has 0 saturated carbocycles. The van der Waals surface area contributed by atoms with Crippen LogP contribution in [0.5, 0.6) is 0 Å². The first kappa shape index (κ1) is 12.2. The van der Waals surface area contributed by atoms with Crippen molar-refractivity contribution >= 4 is 0 Å². The van der Waals surface area contributed by atoms with E-state index < -0.39 is 0 Å². The van der Waals surface area contributed by atoms with Crippen molar-refractivity contribution in [1.29, 1.82) is 0 Å². The molecule has 3 unspecified atom stereocenters. The van der Waals surface area contributed by atoms with Crippen molar-refractivity contribution in [3.05, 3.63) is 18.2 Å². The highest BCUT2D eigenvalue weighted by Gasteiger charge is 2.40. The van der Waals surface area contributed by atoms with Crippen LogP contribution in [-0.2, 0) is 6.54 Å². The van der Waals surface area contributed by atoms with Crippen molar-refractivity contribution in [2.24, 2.45) is 11.7 Å². The number of hydrogen-bond acceptors (Lipinski definition) is 3. The summed E-state index contributed by atoms with van der Waals surface area (Å²) in [5, 5.41) is 0. The minimum absolute atomic E-state index is 0.120. The zero-order chi connectivity index (χ0) is 12.7. The van der Waals surface area contributed by atoms with E-state index in [9.17, 15) is 0 Å². The summed E-state index contributed by atoms with van der Waals surface area (Å²) in [6, 6.07) is 1.63. The van der Waals surface area contributed by atoms with Crippen LogP contribution in [0.1, 0.15) is 44.3 Å². The van der Waals surface area contributed by atoms with Gasteiger partial charge in [0.2, 0.25) is 0 Å². The van der Waals surface area contributed by atoms with Gasteiger partial charge in [-0.05, 0) is 45.6 Å². The predicted molar refractivity (Wildman–Crippen MR) is 72.1 cm³/mol. The number of aryl methyl sites for hydroxylation is 1. The summed E-state index contributed by atoms with van der Waals surface area (Å²) in [4.78, 5) is 7.04. The molecule has 0 radical (unpaired) electrons. The number of fused-ring (bicyclic) bond motifs is 2. The van der Waals surface area contributed by atoms with Crippen molar-refractivity contribution in [3.8, 4) is 0 Å². The lowest BCUT2D eigenvalue weighted by molar-refractivity contribution is 0.120. The van der Waals surface area contributed by atoms with E-state index in [2.05, 4.69) is 34.6 Å². The first-order valence-corrected chi connectivity index (χ1v) is 7.18. The number of piperidine rings is 1. The van der Waals surface area contributed by atoms with Gasteiger partial charge in [0, 0.05) is 24.8 Å². The van der Waals surface area contributed by atoms with E-state index in [4.69, 9.17) is 5.73 Å². The number of nitrogens with zero attached hydrogens (tertiary/aromatic N) is 3. The first-order valence-electron chi connectivity index (χ1n) is 7.18. The number of aromatic nitrogens is 2. The molecule has 100 valence electrons. The maximum Gasteiger partial charge on any atom is 0.0950 e. The number of nitrogens with two attached hydrogens (primary N) is 1. The summed E-state index contributed by atoms with van der Waals surface area (Å²) >= 11 is 0. The van der Waals surface area contributed by atoms with Crippen molar-refractivity contribution in [2.45, 2.75) is 57.3 Å². The average Bonchev–Trinajstić information content (AvgIpc) is 2.91. The van der Waals surface area contributed by atoms with Crippen molar-refractivity contribution in [2.75, 3.05) is 7.05 Å². The molecule has 0 amide bonds. The Morgan fingerprint density at radius 2 is 2.06 bits per heavy atom. The Kier molecular flexibility index (Phi) is 3.16. The van der Waals surface area contributed by atoms with Gasteiger partial charge in [0.25, 0.3) is 0 Å². The maximum atomic E-state index is 6.44. The molecule has 3 atom stereocenters. The Balaban J connectivity index is 1.72. The number of imidazole rings is 1. The topological polar surface area (TPSA) is 47.1 Å². The smallest absolute Gasteiger partial charge is 0.0950 e. The van der Waals surface area contributed by atoms with Gasteiger partial charge in [-0.3, -0.25) is 0 Å². The van der Waals surface area contributed by atoms with Crippen LogP contribution < -0.4 is 5.73 Å². The molecule has 2 N–H and O–H groups in total. The number of rotatable bonds is 3. The summed E-state index contributed by atoms with van der Waals surface area (Å²) in [6.45, 7) is 3.10. The SMILES string of the molecule is CCn1cnc(C(N)C2CC3CCC(C2)N3C)c1. The van der Waals surface area contributed by atoms with E-state index in [0.29, 0.717) is 5.92 Å². The van der Waals surface area contributed by atoms with E-state index >= 15 is 0 Å². The summed E-state index contributed by atoms with van der Waals surface area (Å²) in [5.41, 5.74) is 7.52. The minimum Gasteiger partial charge on any atom is -0.337 e. The lowest BCUT2D eigenvalue weighted by atomic mass is 9.84. The fraction of sp³-hybridized carbons (Fsp3) is 0.786. The third kappa shape index (κ3) is 1.97. The third-order valence-electron chi connectivity index (χ3n) is 5.00. The molecule has 2 aliphatic heterocycles. The van der Waals surface area contributed by atoms with Crippen LogP contribution in [0, 0.1) is 5.92 Å². The van der Waals surface area contributed by atoms with Crippen molar-refractivity contribution in [1.82, 2.24) is 14.5 Å². The van der Waals surface area contributed by atoms with Gasteiger partial charge in [-0.15, -0.1) is 0 Å². The lowest BCUT2D eigenvalue weighted by Gasteiger charge is -2.38. The van der Waals surface area contributed by atoms with Gasteiger partial charge in [-0.1, -0.05) is 0 Å². The van der Waals surface area contributed by atoms with Crippen LogP contribution in [0.3, 0.4) is 0 Å². The molecule has 0 aliphatic carbocycles. The van der Waals surface area contributed by atoms with Gasteiger partial charge in [0.15, 0.2) is 0 Å². The Morgan fingerprint density at radius 3 is 2.61 bits per heavy atom. The van der Waals surface area contributed by atoms with Gasteiger partial charge < -0.3 is 15.2 Å². The van der Waals surface area contributed by atoms with E-state index in [0.717, 1.165) is 24.3 Å². The second-order valence-corrected chi connectivity index (χ2v) is 5.94. The molecule has 3 heterocycles. The standard InChI is InChI=1S/C14H24N4/c1-3-18-8-13(16-9-18)14(15)10-6-11-4-5-12(7-10)17(11)2/h8-12,14H,3-7,15H2,1-2H3. The zero-order valence-corrected chi connectivity index (χ0v) is 11.4. The molecule has 1 aromatic rings. The summed E-state index contributed by atoms with van der Waals surface area (Å²) < 4.78 is 2.11. The Morgan fingerprint density at radius 1 is 1.39 bits per heavy atom. The van der Waals surface area contributed by atoms with Crippen LogP contribution >= 0.6 is 0 Å². The molecule has 2 bridgehead atoms. The van der Waals surface area contributed by atoms with Gasteiger partial charge >= 0.3 is 0 Å². The van der Waals surface area contributed by atoms with E-state index in [1.165, 1.54) is 25.7 Å². The summed E-state index contributed by atoms with van der Waals surface area (Å²) in [7, 11) is 2.27. The molecule has 1 aromatic heterocycles. The molecule has 3 rings (SSSR count). The Bertz CT molecular complexity index is 400. The van der Waals surface area contributed by atoms with E-state index in [-0.39, 0.29) is 6.04 Å². The van der Waals surface area contributed by atoms with Gasteiger partial charge in [-0.2, -0.15) is 0 Å². The molecule has 2 aliphatic rings. The molecule has 2 fully saturated rings. The van der Waals surface area contributed by atoms with E-state index in [1.807, 2.05) is 6.33 Å². The lowest BCUT2D eigenvalue weighted by Crippen LogP contribution is -2.42. The molecular formula is C14H24N4. The van der Waals surface area contributed by atoms with Crippen molar-refractivity contribution in [3.63, 3.8) is 0 Å². The summed E-state index contributed by atoms with van der Waals surface area (Å²) in [6.07, 6.45) is 9.21. The summed E-state index contributed by atoms with van der Waals surface area (Å²) in [5.74, 6) is 0.610. The second-order valence-electron chi connectivity index (χ2n) is 5.94. The largest absolute Gasteiger partial charge is 0.337 e. The normalized spacial score (nSPS) is 33.8. The molecule has 4 nitrogen and oxygen atoms in total. The molecule has 4 heteroatoms. The highest BCUT2D eigenvalue weighted by molar-refractivity contribution is 5.07. The Hall–Kier alpha value is -0.870. The van der Waals surface area contributed by atoms with Crippen LogP contribution in [0.25, 0.3) is 0 Å². The first-order chi connectivity index (χ1) is 8.69. The molecule has 2 saturated heterocycles. The quantitative estimate of drug-likeness (QED) is 0.887. The van der Waals surface area contributed by atoms with Crippen LogP contribution in [0.2, 0.25) is 0 Å². The molecule has 0 aromatic carbocycles. The monoisotopic (exact) mass is 248 g/mol. The van der Waals surface area contributed by atoms with Crippen molar-refractivity contribution < 1.29 is 0 Å². The third-order valence-corrected chi connectivity index (χ3v) is 5.00. The van der Waals surface area contributed by atoms with Crippen LogP contribution in [0.15, 0.2) is 12.5 Å². The molecular weight excluding hydrogens is 224 g/mol. The molecule has 0 spiro atoms. The van der Waals surface area contributed by atoms with Gasteiger partial charge in [0.1, 0.15) is 0 Å². The molecule has 18 heavy (non-hydrogen) atoms. The van der Waals surface area contributed by atoms with E-state index in [1.54, 1.807) is 0 Å². The predicted octanol–water partition coefficient (Wildman–Crippen LogP) is 1.78. The van der Waals surface area contributed by atoms with Crippen LogP contribution in [0.4, 0.5) is 0 Å². The highest BCUT2D eigenvalue weighted by atomic mass is 15.2. The minimum atomic E-state index is 0.120. The fourth-order valence-corrected chi connectivity index (χ4v) is 3.71. The fourth-order valence-electron chi connectivity index (χ4n) is 3.71. The second kappa shape index (κ2) is 4.67. The number of hydrogen-bond donors (Lipinski definition) is 1. The Labute approximate surface area is 109 Å². The van der Waals surface area contributed by atoms with Crippen LogP contribution in [-0.4, -0.2) is 33.6 Å². The highest BCUT2D eigenvalue weighted by Crippen LogP contribution is 2.41. The average molecular weight is 248 g/mol. The maximum absolute atomic E-state index is 6.44. The van der Waals surface area contributed by atoms with Gasteiger partial charge in [0.05, 0.1) is 18.1 Å². The zero-order valence-electron chi connectivity index (χ0n) is 11.4. The van der Waals surface area contributed by atoms with Gasteiger partial charge in [-0.25, -0.2) is 4.98 Å².